The van der Waals surface area contributed by atoms with Crippen molar-refractivity contribution in [2.45, 2.75) is 32.1 Å². The summed E-state index contributed by atoms with van der Waals surface area (Å²) in [6, 6.07) is 15.0. The highest BCUT2D eigenvalue weighted by Gasteiger charge is 2.14. The maximum absolute atomic E-state index is 12.3. The predicted octanol–water partition coefficient (Wildman–Crippen LogP) is 4.05. The molecule has 3 rings (SSSR count). The molecule has 0 saturated heterocycles. The number of carbonyl (C=O) groups is 1. The number of aromatic nitrogens is 1. The molecule has 5 nitrogen and oxygen atoms in total. The van der Waals surface area contributed by atoms with Gasteiger partial charge in [0.15, 0.2) is 5.58 Å². The molecule has 0 aliphatic heterocycles. The summed E-state index contributed by atoms with van der Waals surface area (Å²) >= 11 is 0. The quantitative estimate of drug-likeness (QED) is 0.609. The zero-order chi connectivity index (χ0) is 17.6. The van der Waals surface area contributed by atoms with E-state index < -0.39 is 5.76 Å². The minimum Gasteiger partial charge on any atom is -0.497 e. The third kappa shape index (κ3) is 3.99. The van der Waals surface area contributed by atoms with Crippen LogP contribution in [-0.4, -0.2) is 17.6 Å². The van der Waals surface area contributed by atoms with Crippen LogP contribution in [0.2, 0.25) is 0 Å². The summed E-state index contributed by atoms with van der Waals surface area (Å²) in [6.07, 6.45) is 3.99. The van der Waals surface area contributed by atoms with Crippen LogP contribution < -0.4 is 10.5 Å². The van der Waals surface area contributed by atoms with Crippen molar-refractivity contribution in [2.75, 3.05) is 7.11 Å². The van der Waals surface area contributed by atoms with Crippen molar-refractivity contribution in [1.29, 1.82) is 0 Å². The Morgan fingerprint density at radius 3 is 2.56 bits per heavy atom. The molecule has 0 unspecified atom stereocenters. The van der Waals surface area contributed by atoms with Gasteiger partial charge in [-0.2, -0.15) is 0 Å². The zero-order valence-electron chi connectivity index (χ0n) is 14.2. The van der Waals surface area contributed by atoms with Gasteiger partial charge >= 0.3 is 5.76 Å². The van der Waals surface area contributed by atoms with Crippen molar-refractivity contribution in [3.8, 4) is 5.75 Å². The van der Waals surface area contributed by atoms with Crippen LogP contribution >= 0.6 is 0 Å². The monoisotopic (exact) mass is 339 g/mol. The molecule has 0 amide bonds. The van der Waals surface area contributed by atoms with Gasteiger partial charge in [0.2, 0.25) is 5.91 Å². The molecular weight excluding hydrogens is 318 g/mol. The molecule has 0 aliphatic carbocycles. The van der Waals surface area contributed by atoms with Crippen LogP contribution in [0.3, 0.4) is 0 Å². The first-order valence-electron chi connectivity index (χ1n) is 8.46. The van der Waals surface area contributed by atoms with Gasteiger partial charge in [0, 0.05) is 6.42 Å². The number of nitrogens with zero attached hydrogens (tertiary/aromatic N) is 1. The third-order valence-corrected chi connectivity index (χ3v) is 4.25. The van der Waals surface area contributed by atoms with Gasteiger partial charge in [0.25, 0.3) is 0 Å². The van der Waals surface area contributed by atoms with Crippen LogP contribution in [0, 0.1) is 0 Å². The number of hydrogen-bond donors (Lipinski definition) is 0. The van der Waals surface area contributed by atoms with Crippen molar-refractivity contribution in [3.05, 3.63) is 64.6 Å². The number of para-hydroxylation sites is 2. The first-order valence-corrected chi connectivity index (χ1v) is 8.46. The van der Waals surface area contributed by atoms with E-state index in [4.69, 9.17) is 9.15 Å². The molecule has 0 radical (unpaired) electrons. The number of aryl methyl sites for hydroxylation is 1. The Hall–Kier alpha value is -2.82. The summed E-state index contributed by atoms with van der Waals surface area (Å²) in [5, 5.41) is 0. The second kappa shape index (κ2) is 7.83. The zero-order valence-corrected chi connectivity index (χ0v) is 14.2. The average molecular weight is 339 g/mol. The molecule has 0 aliphatic rings. The van der Waals surface area contributed by atoms with E-state index in [1.165, 1.54) is 5.56 Å². The Bertz CT molecular complexity index is 905. The Morgan fingerprint density at radius 1 is 1.04 bits per heavy atom. The Labute approximate surface area is 145 Å². The number of unbranched alkanes of at least 4 members (excludes halogenated alkanes) is 2. The molecule has 1 aromatic heterocycles. The summed E-state index contributed by atoms with van der Waals surface area (Å²) in [6.45, 7) is 0. The normalized spacial score (nSPS) is 10.9. The molecule has 5 heteroatoms. The van der Waals surface area contributed by atoms with Crippen LogP contribution in [-0.2, 0) is 6.42 Å². The van der Waals surface area contributed by atoms with Crippen LogP contribution in [0.5, 0.6) is 5.75 Å². The number of benzene rings is 2. The minimum absolute atomic E-state index is 0.209. The van der Waals surface area contributed by atoms with E-state index in [-0.39, 0.29) is 5.91 Å². The van der Waals surface area contributed by atoms with Crippen LogP contribution in [0.25, 0.3) is 11.1 Å². The number of fused-ring (bicyclic) bond motifs is 1. The predicted molar refractivity (Wildman–Crippen MR) is 96.3 cm³/mol. The highest BCUT2D eigenvalue weighted by atomic mass is 16.5. The summed E-state index contributed by atoms with van der Waals surface area (Å²) in [5.74, 6) is 0.0379. The molecule has 0 N–H and O–H groups in total. The second-order valence-electron chi connectivity index (χ2n) is 5.97. The summed E-state index contributed by atoms with van der Waals surface area (Å²) < 4.78 is 11.4. The molecule has 1 heterocycles. The van der Waals surface area contributed by atoms with Gasteiger partial charge in [-0.25, -0.2) is 9.36 Å². The van der Waals surface area contributed by atoms with E-state index >= 15 is 0 Å². The van der Waals surface area contributed by atoms with Crippen LogP contribution in [0.15, 0.2) is 57.7 Å². The van der Waals surface area contributed by atoms with Crippen molar-refractivity contribution < 1.29 is 13.9 Å². The maximum Gasteiger partial charge on any atom is 0.426 e. The van der Waals surface area contributed by atoms with E-state index in [1.54, 1.807) is 31.4 Å². The van der Waals surface area contributed by atoms with Gasteiger partial charge in [-0.15, -0.1) is 0 Å². The fourth-order valence-electron chi connectivity index (χ4n) is 2.89. The van der Waals surface area contributed by atoms with Gasteiger partial charge in [-0.1, -0.05) is 30.7 Å². The first kappa shape index (κ1) is 17.0. The Morgan fingerprint density at radius 2 is 1.80 bits per heavy atom. The van der Waals surface area contributed by atoms with Gasteiger partial charge in [0.1, 0.15) is 5.75 Å². The fourth-order valence-corrected chi connectivity index (χ4v) is 2.89. The lowest BCUT2D eigenvalue weighted by Gasteiger charge is -2.04. The molecular formula is C20H21NO4. The molecule has 0 spiro atoms. The van der Waals surface area contributed by atoms with Crippen LogP contribution in [0.4, 0.5) is 0 Å². The van der Waals surface area contributed by atoms with E-state index in [0.29, 0.717) is 17.5 Å². The first-order chi connectivity index (χ1) is 12.2. The standard InChI is InChI=1S/C20H21NO4/c1-24-16-13-11-15(12-14-16)7-3-2-4-10-19(22)21-17-8-5-6-9-18(17)25-20(21)23/h5-6,8-9,11-14H,2-4,7,10H2,1H3. The topological polar surface area (TPSA) is 61.4 Å². The number of rotatable bonds is 7. The van der Waals surface area contributed by atoms with Crippen molar-refractivity contribution >= 4 is 17.0 Å². The lowest BCUT2D eigenvalue weighted by Crippen LogP contribution is -2.22. The molecule has 130 valence electrons. The smallest absolute Gasteiger partial charge is 0.426 e. The highest BCUT2D eigenvalue weighted by Crippen LogP contribution is 2.15. The Balaban J connectivity index is 1.49. The summed E-state index contributed by atoms with van der Waals surface area (Å²) in [7, 11) is 1.65. The summed E-state index contributed by atoms with van der Waals surface area (Å²) in [5.41, 5.74) is 2.24. The maximum atomic E-state index is 12.3. The number of methoxy groups -OCH3 is 1. The van der Waals surface area contributed by atoms with Crippen molar-refractivity contribution in [2.24, 2.45) is 0 Å². The Kier molecular flexibility index (Phi) is 5.33. The van der Waals surface area contributed by atoms with Crippen LogP contribution in [0.1, 0.15) is 36.0 Å². The van der Waals surface area contributed by atoms with Gasteiger partial charge in [-0.3, -0.25) is 4.79 Å². The largest absolute Gasteiger partial charge is 0.497 e. The molecule has 0 saturated carbocycles. The van der Waals surface area contributed by atoms with E-state index in [0.717, 1.165) is 36.0 Å². The molecule has 2 aromatic carbocycles. The van der Waals surface area contributed by atoms with Gasteiger partial charge in [-0.05, 0) is 49.1 Å². The SMILES string of the molecule is COc1ccc(CCCCCC(=O)n2c(=O)oc3ccccc32)cc1. The fraction of sp³-hybridized carbons (Fsp3) is 0.300. The van der Waals surface area contributed by atoms with Crippen molar-refractivity contribution in [3.63, 3.8) is 0 Å². The average Bonchev–Trinajstić information content (AvgIpc) is 2.97. The van der Waals surface area contributed by atoms with E-state index in [1.807, 2.05) is 12.1 Å². The molecule has 25 heavy (non-hydrogen) atoms. The number of hydrogen-bond acceptors (Lipinski definition) is 4. The third-order valence-electron chi connectivity index (χ3n) is 4.25. The lowest BCUT2D eigenvalue weighted by molar-refractivity contribution is 0.0895. The number of oxazole rings is 1. The van der Waals surface area contributed by atoms with Crippen molar-refractivity contribution in [1.82, 2.24) is 4.57 Å². The molecule has 3 aromatic rings. The molecule has 0 fully saturated rings. The van der Waals surface area contributed by atoms with E-state index in [9.17, 15) is 9.59 Å². The summed E-state index contributed by atoms with van der Waals surface area (Å²) in [4.78, 5) is 24.2. The second-order valence-corrected chi connectivity index (χ2v) is 5.97. The number of carbonyl (C=O) groups excluding carboxylic acids is 1. The molecule has 0 bridgehead atoms. The molecule has 0 atom stereocenters. The highest BCUT2D eigenvalue weighted by molar-refractivity contribution is 5.88. The van der Waals surface area contributed by atoms with Gasteiger partial charge < -0.3 is 9.15 Å². The van der Waals surface area contributed by atoms with E-state index in [2.05, 4.69) is 12.1 Å². The number of ether oxygens (including phenoxy) is 1. The minimum atomic E-state index is -0.607. The lowest BCUT2D eigenvalue weighted by atomic mass is 10.1. The van der Waals surface area contributed by atoms with Gasteiger partial charge in [0.05, 0.1) is 12.6 Å².